The Labute approximate surface area is 294 Å². The lowest BCUT2D eigenvalue weighted by Crippen LogP contribution is -2.55. The van der Waals surface area contributed by atoms with E-state index in [4.69, 9.17) is 14.2 Å². The van der Waals surface area contributed by atoms with E-state index in [0.29, 0.717) is 11.3 Å². The third-order valence-corrected chi connectivity index (χ3v) is 11.2. The fourth-order valence-corrected chi connectivity index (χ4v) is 8.63. The molecule has 0 aromatic heterocycles. The van der Waals surface area contributed by atoms with Gasteiger partial charge in [0.2, 0.25) is 21.8 Å². The number of likely N-dealkylation sites (tertiary alicyclic amines) is 1. The van der Waals surface area contributed by atoms with Crippen molar-refractivity contribution in [3.8, 4) is 5.75 Å². The lowest BCUT2D eigenvalue weighted by molar-refractivity contribution is -0.384. The van der Waals surface area contributed by atoms with E-state index in [9.17, 15) is 32.9 Å². The number of nitro groups is 1. The second kappa shape index (κ2) is 14.5. The summed E-state index contributed by atoms with van der Waals surface area (Å²) in [6.07, 6.45) is 5.14. The van der Waals surface area contributed by atoms with Gasteiger partial charge in [-0.2, -0.15) is 4.31 Å². The van der Waals surface area contributed by atoms with Gasteiger partial charge >= 0.3 is 5.97 Å². The van der Waals surface area contributed by atoms with E-state index in [1.54, 1.807) is 36.4 Å². The van der Waals surface area contributed by atoms with E-state index in [1.807, 2.05) is 30.3 Å². The summed E-state index contributed by atoms with van der Waals surface area (Å²) in [6.45, 7) is 1.23. The van der Waals surface area contributed by atoms with Crippen molar-refractivity contribution < 1.29 is 41.9 Å². The molecule has 3 heterocycles. The molecule has 3 aromatic rings. The number of nitrogens with zero attached hydrogens (tertiary/aromatic N) is 3. The summed E-state index contributed by atoms with van der Waals surface area (Å²) in [5.41, 5.74) is -0.622. The van der Waals surface area contributed by atoms with E-state index in [0.717, 1.165) is 36.1 Å². The van der Waals surface area contributed by atoms with Crippen LogP contribution >= 0.6 is 0 Å². The molecular weight excluding hydrogens is 680 g/mol. The summed E-state index contributed by atoms with van der Waals surface area (Å²) >= 11 is 0. The predicted octanol–water partition coefficient (Wildman–Crippen LogP) is 3.48. The SMILES string of the molecule is COc1ccc(CN2C(=O)[C@@H]3[C@@H]4[C@@H](C=CCCN4S(=O)(=O)c4ccc([N+](=O)[O-])cc4)O[C@]3(/C=C/OC(C)=O)[C@H]2C(=O)NCc2ccccc2)cc1. The number of fused-ring (bicyclic) bond motifs is 3. The van der Waals surface area contributed by atoms with Crippen LogP contribution < -0.4 is 10.1 Å². The first-order valence-corrected chi connectivity index (χ1v) is 17.6. The van der Waals surface area contributed by atoms with Crippen LogP contribution in [-0.2, 0) is 47.0 Å². The number of esters is 1. The van der Waals surface area contributed by atoms with Crippen LogP contribution in [0.5, 0.6) is 5.75 Å². The first kappa shape index (κ1) is 35.4. The minimum Gasteiger partial charge on any atom is -0.497 e. The molecule has 3 aromatic carbocycles. The smallest absolute Gasteiger partial charge is 0.307 e. The number of non-ortho nitro benzene ring substituents is 1. The average molecular weight is 717 g/mol. The van der Waals surface area contributed by atoms with Crippen molar-refractivity contribution in [2.75, 3.05) is 13.7 Å². The highest BCUT2D eigenvalue weighted by atomic mass is 32.2. The van der Waals surface area contributed by atoms with Gasteiger partial charge in [0, 0.05) is 38.7 Å². The molecule has 0 bridgehead atoms. The molecule has 15 heteroatoms. The highest BCUT2D eigenvalue weighted by Crippen LogP contribution is 2.52. The zero-order valence-corrected chi connectivity index (χ0v) is 28.6. The predicted molar refractivity (Wildman–Crippen MR) is 182 cm³/mol. The molecule has 0 saturated carbocycles. The number of hydrogen-bond acceptors (Lipinski definition) is 10. The van der Waals surface area contributed by atoms with Crippen molar-refractivity contribution in [3.63, 3.8) is 0 Å². The summed E-state index contributed by atoms with van der Waals surface area (Å²) in [4.78, 5) is 53.0. The van der Waals surface area contributed by atoms with Crippen molar-refractivity contribution >= 4 is 33.5 Å². The Kier molecular flexibility index (Phi) is 10.1. The van der Waals surface area contributed by atoms with Gasteiger partial charge < -0.3 is 24.4 Å². The zero-order chi connectivity index (χ0) is 36.3. The standard InChI is InChI=1S/C36H36N4O10S/c1-24(41)49-21-19-36-31(32-30(50-36)10-6-7-20-39(32)51(46,47)29-17-13-27(14-18-29)40(44)45)35(43)38(23-26-11-15-28(48-2)16-12-26)33(36)34(42)37-22-25-8-4-3-5-9-25/h3-6,8-19,21,30-33H,7,20,22-23H2,1-2H3,(H,37,42)/b21-19+/t30-,31+,32+,33-,36+/m1/s1. The first-order valence-electron chi connectivity index (χ1n) is 16.2. The van der Waals surface area contributed by atoms with Gasteiger partial charge in [-0.1, -0.05) is 54.6 Å². The van der Waals surface area contributed by atoms with Gasteiger partial charge in [0.25, 0.3) is 5.69 Å². The molecule has 2 saturated heterocycles. The first-order chi connectivity index (χ1) is 24.5. The van der Waals surface area contributed by atoms with Gasteiger partial charge in [-0.25, -0.2) is 8.42 Å². The van der Waals surface area contributed by atoms with E-state index in [2.05, 4.69) is 5.32 Å². The van der Waals surface area contributed by atoms with Crippen LogP contribution in [0.4, 0.5) is 5.69 Å². The van der Waals surface area contributed by atoms with E-state index >= 15 is 0 Å². The molecule has 0 unspecified atom stereocenters. The molecular formula is C36H36N4O10S. The number of nitro benzene ring substituents is 1. The highest BCUT2D eigenvalue weighted by Gasteiger charge is 2.71. The number of hydrogen-bond donors (Lipinski definition) is 1. The molecule has 5 atom stereocenters. The minimum absolute atomic E-state index is 0.0441. The zero-order valence-electron chi connectivity index (χ0n) is 27.8. The van der Waals surface area contributed by atoms with Crippen LogP contribution in [0.3, 0.4) is 0 Å². The second-order valence-electron chi connectivity index (χ2n) is 12.3. The summed E-state index contributed by atoms with van der Waals surface area (Å²) in [5.74, 6) is -2.47. The van der Waals surface area contributed by atoms with Gasteiger partial charge in [0.15, 0.2) is 0 Å². The molecule has 3 aliphatic rings. The van der Waals surface area contributed by atoms with Crippen LogP contribution in [0.1, 0.15) is 24.5 Å². The number of rotatable bonds is 11. The molecule has 0 radical (unpaired) electrons. The van der Waals surface area contributed by atoms with Crippen LogP contribution in [0.2, 0.25) is 0 Å². The molecule has 266 valence electrons. The van der Waals surface area contributed by atoms with Gasteiger partial charge in [-0.15, -0.1) is 0 Å². The largest absolute Gasteiger partial charge is 0.497 e. The van der Waals surface area contributed by atoms with Crippen LogP contribution in [0.15, 0.2) is 108 Å². The second-order valence-corrected chi connectivity index (χ2v) is 14.2. The number of ether oxygens (including phenoxy) is 3. The lowest BCUT2D eigenvalue weighted by Gasteiger charge is -2.34. The molecule has 2 fully saturated rings. The number of carbonyl (C=O) groups excluding carboxylic acids is 3. The molecule has 0 aliphatic carbocycles. The van der Waals surface area contributed by atoms with Crippen LogP contribution in [0.25, 0.3) is 0 Å². The molecule has 2 amide bonds. The van der Waals surface area contributed by atoms with E-state index in [-0.39, 0.29) is 36.6 Å². The monoisotopic (exact) mass is 716 g/mol. The van der Waals surface area contributed by atoms with Crippen molar-refractivity contribution in [1.29, 1.82) is 0 Å². The van der Waals surface area contributed by atoms with Gasteiger partial charge in [-0.05, 0) is 47.9 Å². The number of benzene rings is 3. The highest BCUT2D eigenvalue weighted by molar-refractivity contribution is 7.89. The summed E-state index contributed by atoms with van der Waals surface area (Å²) in [5, 5.41) is 14.2. The molecule has 51 heavy (non-hydrogen) atoms. The number of amides is 2. The Morgan fingerprint density at radius 2 is 1.76 bits per heavy atom. The Hall–Kier alpha value is -5.38. The van der Waals surface area contributed by atoms with E-state index in [1.165, 1.54) is 29.3 Å². The average Bonchev–Trinajstić information content (AvgIpc) is 3.44. The maximum absolute atomic E-state index is 14.9. The normalized spacial score (nSPS) is 24.5. The van der Waals surface area contributed by atoms with Crippen molar-refractivity contribution in [3.05, 3.63) is 125 Å². The fraction of sp³-hybridized carbons (Fsp3) is 0.306. The quantitative estimate of drug-likeness (QED) is 0.102. The Morgan fingerprint density at radius 3 is 2.41 bits per heavy atom. The maximum atomic E-state index is 14.9. The van der Waals surface area contributed by atoms with Crippen molar-refractivity contribution in [2.45, 2.75) is 55.1 Å². The Balaban J connectivity index is 1.47. The Bertz CT molecular complexity index is 1970. The van der Waals surface area contributed by atoms with Crippen LogP contribution in [-0.4, -0.2) is 77.8 Å². The maximum Gasteiger partial charge on any atom is 0.307 e. The van der Waals surface area contributed by atoms with Crippen molar-refractivity contribution in [1.82, 2.24) is 14.5 Å². The third-order valence-electron chi connectivity index (χ3n) is 9.25. The summed E-state index contributed by atoms with van der Waals surface area (Å²) < 4.78 is 47.0. The number of methoxy groups -OCH3 is 1. The summed E-state index contributed by atoms with van der Waals surface area (Å²) in [6, 6.07) is 18.1. The van der Waals surface area contributed by atoms with Gasteiger partial charge in [0.05, 0.1) is 41.3 Å². The minimum atomic E-state index is -4.38. The fourth-order valence-electron chi connectivity index (χ4n) is 6.97. The number of sulfonamides is 1. The molecule has 1 N–H and O–H groups in total. The molecule has 0 spiro atoms. The van der Waals surface area contributed by atoms with Gasteiger partial charge in [0.1, 0.15) is 17.4 Å². The number of nitrogens with one attached hydrogen (secondary N) is 1. The van der Waals surface area contributed by atoms with Crippen LogP contribution in [0, 0.1) is 16.0 Å². The third kappa shape index (κ3) is 6.87. The summed E-state index contributed by atoms with van der Waals surface area (Å²) in [7, 11) is -2.85. The van der Waals surface area contributed by atoms with Crippen molar-refractivity contribution in [2.24, 2.45) is 5.92 Å². The topological polar surface area (TPSA) is 175 Å². The van der Waals surface area contributed by atoms with E-state index < -0.39 is 62.4 Å². The molecule has 14 nitrogen and oxygen atoms in total. The molecule has 6 rings (SSSR count). The Morgan fingerprint density at radius 1 is 1.06 bits per heavy atom. The lowest BCUT2D eigenvalue weighted by atomic mass is 9.81. The molecule has 3 aliphatic heterocycles. The number of carbonyl (C=O) groups is 3. The van der Waals surface area contributed by atoms with Gasteiger partial charge in [-0.3, -0.25) is 24.5 Å².